The maximum Gasteiger partial charge on any atom is 0.709 e. The number of hydrogen-bond acceptors (Lipinski definition) is 6. The zero-order chi connectivity index (χ0) is 9.72. The predicted octanol–water partition coefficient (Wildman–Crippen LogP) is -2.70. The lowest BCUT2D eigenvalue weighted by Crippen LogP contribution is -2.35. The summed E-state index contributed by atoms with van der Waals surface area (Å²) in [6.07, 6.45) is -0.604. The van der Waals surface area contributed by atoms with E-state index in [0.717, 1.165) is 0 Å². The van der Waals surface area contributed by atoms with Gasteiger partial charge in [-0.2, -0.15) is 0 Å². The van der Waals surface area contributed by atoms with Gasteiger partial charge in [0.05, 0.1) is 6.42 Å². The minimum absolute atomic E-state index is 0.604. The van der Waals surface area contributed by atoms with E-state index in [1.165, 1.54) is 0 Å². The maximum atomic E-state index is 10.5. The number of rotatable bonds is 4. The molecule has 0 saturated carbocycles. The Morgan fingerprint density at radius 3 is 2.33 bits per heavy atom. The highest BCUT2D eigenvalue weighted by Gasteiger charge is 2.21. The van der Waals surface area contributed by atoms with E-state index in [-0.39, 0.29) is 0 Å². The van der Waals surface area contributed by atoms with E-state index in [4.69, 9.17) is 20.9 Å². The Hall–Kier alpha value is -1.12. The average molecular weight is 177 g/mol. The fourth-order valence-electron chi connectivity index (χ4n) is 0.433. The van der Waals surface area contributed by atoms with Crippen molar-refractivity contribution in [2.24, 2.45) is 5.73 Å². The molecule has 68 valence electrons. The molecule has 0 radical (unpaired) electrons. The molecule has 1 atom stereocenters. The molecule has 0 spiro atoms. The summed E-state index contributed by atoms with van der Waals surface area (Å²) in [5, 5.41) is 24.4. The van der Waals surface area contributed by atoms with Crippen LogP contribution in [0.2, 0.25) is 0 Å². The van der Waals surface area contributed by atoms with Crippen molar-refractivity contribution in [1.29, 1.82) is 0 Å². The van der Waals surface area contributed by atoms with E-state index in [1.807, 2.05) is 0 Å². The van der Waals surface area contributed by atoms with Crippen molar-refractivity contribution in [1.82, 2.24) is 0 Å². The van der Waals surface area contributed by atoms with Crippen LogP contribution >= 0.6 is 0 Å². The minimum Gasteiger partial charge on any atom is -0.485 e. The second-order valence-corrected chi connectivity index (χ2v) is 1.97. The van der Waals surface area contributed by atoms with Gasteiger partial charge < -0.3 is 25.5 Å². The first-order valence-electron chi connectivity index (χ1n) is 2.97. The van der Waals surface area contributed by atoms with Crippen molar-refractivity contribution in [2.45, 2.75) is 12.5 Å². The van der Waals surface area contributed by atoms with Crippen molar-refractivity contribution < 1.29 is 29.4 Å². The zero-order valence-corrected chi connectivity index (χ0v) is 6.01. The van der Waals surface area contributed by atoms with Crippen molar-refractivity contribution in [3.63, 3.8) is 0 Å². The van der Waals surface area contributed by atoms with E-state index in [9.17, 15) is 9.59 Å². The van der Waals surface area contributed by atoms with Gasteiger partial charge in [0.1, 0.15) is 6.04 Å². The molecule has 0 aliphatic rings. The molecule has 0 heterocycles. The molecule has 0 amide bonds. The van der Waals surface area contributed by atoms with Gasteiger partial charge in [0.25, 0.3) is 5.97 Å². The molecule has 12 heavy (non-hydrogen) atoms. The molecular weight excluding hydrogens is 169 g/mol. The monoisotopic (exact) mass is 177 g/mol. The van der Waals surface area contributed by atoms with E-state index >= 15 is 0 Å². The van der Waals surface area contributed by atoms with Crippen LogP contribution in [-0.2, 0) is 14.2 Å². The van der Waals surface area contributed by atoms with Crippen molar-refractivity contribution in [3.8, 4) is 0 Å². The van der Waals surface area contributed by atoms with Crippen LogP contribution < -0.4 is 5.73 Å². The molecule has 0 aliphatic heterocycles. The molecule has 0 aromatic heterocycles. The van der Waals surface area contributed by atoms with Gasteiger partial charge in [-0.25, -0.2) is 0 Å². The minimum atomic E-state index is -2.24. The Bertz CT molecular complexity index is 182. The topological polar surface area (TPSA) is 130 Å². The molecule has 5 N–H and O–H groups in total. The summed E-state index contributed by atoms with van der Waals surface area (Å²) in [5.74, 6) is -2.45. The van der Waals surface area contributed by atoms with Gasteiger partial charge in [-0.3, -0.25) is 9.59 Å². The molecule has 8 heteroatoms. The third kappa shape index (κ3) is 4.66. The highest BCUT2D eigenvalue weighted by molar-refractivity contribution is 6.35. The van der Waals surface area contributed by atoms with Crippen molar-refractivity contribution in [2.75, 3.05) is 0 Å². The van der Waals surface area contributed by atoms with Crippen LogP contribution in [0.1, 0.15) is 6.42 Å². The molecule has 0 aromatic carbocycles. The molecule has 0 unspecified atom stereocenters. The molecular formula is C4H8BNO6. The van der Waals surface area contributed by atoms with Crippen molar-refractivity contribution in [3.05, 3.63) is 0 Å². The van der Waals surface area contributed by atoms with Gasteiger partial charge in [-0.1, -0.05) is 0 Å². The van der Waals surface area contributed by atoms with Crippen molar-refractivity contribution >= 4 is 19.3 Å². The van der Waals surface area contributed by atoms with Crippen LogP contribution in [-0.4, -0.2) is 40.5 Å². The van der Waals surface area contributed by atoms with Crippen LogP contribution in [0.25, 0.3) is 0 Å². The number of carbonyl (C=O) groups excluding carboxylic acids is 1. The van der Waals surface area contributed by atoms with E-state index in [2.05, 4.69) is 4.65 Å². The summed E-state index contributed by atoms with van der Waals surface area (Å²) >= 11 is 0. The van der Waals surface area contributed by atoms with Crippen LogP contribution in [0, 0.1) is 0 Å². The summed E-state index contributed by atoms with van der Waals surface area (Å²) in [6, 6.07) is -1.39. The first-order chi connectivity index (χ1) is 5.43. The molecule has 0 rings (SSSR count). The number of aliphatic carboxylic acids is 1. The smallest absolute Gasteiger partial charge is 0.485 e. The fraction of sp³-hybridized carbons (Fsp3) is 0.500. The lowest BCUT2D eigenvalue weighted by molar-refractivity contribution is -0.144. The maximum absolute atomic E-state index is 10.5. The Morgan fingerprint density at radius 2 is 2.00 bits per heavy atom. The highest BCUT2D eigenvalue weighted by atomic mass is 16.6. The summed E-state index contributed by atoms with van der Waals surface area (Å²) in [6.45, 7) is 0. The van der Waals surface area contributed by atoms with Crippen LogP contribution in [0.4, 0.5) is 0 Å². The summed E-state index contributed by atoms with van der Waals surface area (Å²) in [7, 11) is -2.24. The Balaban J connectivity index is 3.77. The number of carboxylic acid groups (broad SMARTS) is 1. The van der Waals surface area contributed by atoms with Gasteiger partial charge in [-0.15, -0.1) is 0 Å². The Labute approximate surface area is 67.9 Å². The SMILES string of the molecule is N[C@@H](CC(=O)OB(O)O)C(=O)O. The van der Waals surface area contributed by atoms with Crippen LogP contribution in [0.15, 0.2) is 0 Å². The first kappa shape index (κ1) is 10.9. The number of carboxylic acids is 1. The van der Waals surface area contributed by atoms with E-state index in [0.29, 0.717) is 0 Å². The van der Waals surface area contributed by atoms with Gasteiger partial charge >= 0.3 is 13.3 Å². The molecule has 0 bridgehead atoms. The highest BCUT2D eigenvalue weighted by Crippen LogP contribution is 1.92. The quantitative estimate of drug-likeness (QED) is 0.343. The predicted molar refractivity (Wildman–Crippen MR) is 36.5 cm³/mol. The van der Waals surface area contributed by atoms with Crippen LogP contribution in [0.3, 0.4) is 0 Å². The third-order valence-corrected chi connectivity index (χ3v) is 0.941. The number of carbonyl (C=O) groups is 2. The second-order valence-electron chi connectivity index (χ2n) is 1.97. The molecule has 0 aromatic rings. The average Bonchev–Trinajstić information content (AvgIpc) is 1.84. The van der Waals surface area contributed by atoms with E-state index in [1.54, 1.807) is 0 Å². The summed E-state index contributed by atoms with van der Waals surface area (Å²) < 4.78 is 3.80. The molecule has 0 saturated heterocycles. The molecule has 7 nitrogen and oxygen atoms in total. The number of nitrogens with two attached hydrogens (primary N) is 1. The standard InChI is InChI=1S/C4H8BNO6/c6-2(4(8)9)1-3(7)12-5(10)11/h2,10-11H,1,6H2,(H,8,9)/t2-/m0/s1. The van der Waals surface area contributed by atoms with Gasteiger partial charge in [0.2, 0.25) is 0 Å². The lowest BCUT2D eigenvalue weighted by Gasteiger charge is -2.05. The van der Waals surface area contributed by atoms with Gasteiger partial charge in [0, 0.05) is 0 Å². The normalized spacial score (nSPS) is 11.9. The first-order valence-corrected chi connectivity index (χ1v) is 2.97. The summed E-state index contributed by atoms with van der Waals surface area (Å²) in [5.41, 5.74) is 4.93. The fourth-order valence-corrected chi connectivity index (χ4v) is 0.433. The molecule has 0 aliphatic carbocycles. The van der Waals surface area contributed by atoms with Gasteiger partial charge in [0.15, 0.2) is 0 Å². The molecule has 0 fully saturated rings. The van der Waals surface area contributed by atoms with Crippen LogP contribution in [0.5, 0.6) is 0 Å². The largest absolute Gasteiger partial charge is 0.709 e. The van der Waals surface area contributed by atoms with Gasteiger partial charge in [-0.05, 0) is 0 Å². The lowest BCUT2D eigenvalue weighted by atomic mass is 10.2. The zero-order valence-electron chi connectivity index (χ0n) is 6.01. The second kappa shape index (κ2) is 4.70. The van der Waals surface area contributed by atoms with E-state index < -0.39 is 31.7 Å². The Kier molecular flexibility index (Phi) is 4.26. The summed E-state index contributed by atoms with van der Waals surface area (Å²) in [4.78, 5) is 20.5. The number of hydrogen-bond donors (Lipinski definition) is 4. The third-order valence-electron chi connectivity index (χ3n) is 0.941. The Morgan fingerprint density at radius 1 is 1.50 bits per heavy atom.